The monoisotopic (exact) mass is 207 g/mol. The fourth-order valence-electron chi connectivity index (χ4n) is 1.11. The Kier molecular flexibility index (Phi) is 3.74. The largest absolute Gasteiger partial charge is 0.512 e. The van der Waals surface area contributed by atoms with Gasteiger partial charge in [0.2, 0.25) is 0 Å². The third-order valence-electron chi connectivity index (χ3n) is 1.70. The Morgan fingerprint density at radius 2 is 2.13 bits per heavy atom. The molecule has 1 aromatic rings. The Morgan fingerprint density at radius 3 is 2.73 bits per heavy atom. The normalized spacial score (nSPS) is 10.9. The van der Waals surface area contributed by atoms with Crippen molar-refractivity contribution >= 4 is 11.6 Å². The number of para-hydroxylation sites is 2. The predicted molar refractivity (Wildman–Crippen MR) is 58.0 cm³/mol. The molecule has 0 saturated carbocycles. The van der Waals surface area contributed by atoms with E-state index in [1.54, 1.807) is 18.2 Å². The molecule has 2 N–H and O–H groups in total. The number of methoxy groups -OCH3 is 1. The number of amides is 1. The van der Waals surface area contributed by atoms with E-state index in [9.17, 15) is 4.79 Å². The first-order chi connectivity index (χ1) is 7.13. The first-order valence-corrected chi connectivity index (χ1v) is 4.44. The molecule has 0 heterocycles. The quantitative estimate of drug-likeness (QED) is 0.589. The van der Waals surface area contributed by atoms with E-state index < -0.39 is 0 Å². The number of anilines is 1. The summed E-state index contributed by atoms with van der Waals surface area (Å²) < 4.78 is 5.05. The molecule has 0 aliphatic heterocycles. The van der Waals surface area contributed by atoms with Crippen molar-refractivity contribution in [3.63, 3.8) is 0 Å². The standard InChI is InChI=1S/C11H13NO3/c1-8(13)7-11(14)12-9-5-3-4-6-10(9)15-2/h3-7,13H,1-2H3,(H,12,14)/b8-7-. The summed E-state index contributed by atoms with van der Waals surface area (Å²) in [5.74, 6) is 0.150. The molecule has 15 heavy (non-hydrogen) atoms. The molecular weight excluding hydrogens is 194 g/mol. The lowest BCUT2D eigenvalue weighted by Crippen LogP contribution is -2.09. The molecule has 0 fully saturated rings. The molecule has 80 valence electrons. The highest BCUT2D eigenvalue weighted by Gasteiger charge is 2.04. The number of allylic oxidation sites excluding steroid dienone is 1. The smallest absolute Gasteiger partial charge is 0.251 e. The SMILES string of the molecule is COc1ccccc1NC(=O)/C=C(/C)O. The molecule has 1 aromatic carbocycles. The number of carbonyl (C=O) groups is 1. The highest BCUT2D eigenvalue weighted by Crippen LogP contribution is 2.22. The van der Waals surface area contributed by atoms with Gasteiger partial charge < -0.3 is 15.2 Å². The minimum Gasteiger partial charge on any atom is -0.512 e. The molecular formula is C11H13NO3. The summed E-state index contributed by atoms with van der Waals surface area (Å²) in [6.45, 7) is 1.43. The van der Waals surface area contributed by atoms with Gasteiger partial charge in [-0.1, -0.05) is 12.1 Å². The van der Waals surface area contributed by atoms with Gasteiger partial charge in [-0.3, -0.25) is 4.79 Å². The summed E-state index contributed by atoms with van der Waals surface area (Å²) in [5, 5.41) is 11.5. The Balaban J connectivity index is 2.80. The lowest BCUT2D eigenvalue weighted by Gasteiger charge is -2.07. The minimum absolute atomic E-state index is 0.0394. The number of aliphatic hydroxyl groups excluding tert-OH is 1. The van der Waals surface area contributed by atoms with E-state index in [0.717, 1.165) is 6.08 Å². The second kappa shape index (κ2) is 5.05. The molecule has 0 saturated heterocycles. The Hall–Kier alpha value is -1.97. The first kappa shape index (κ1) is 11.1. The van der Waals surface area contributed by atoms with Gasteiger partial charge in [0, 0.05) is 6.08 Å². The van der Waals surface area contributed by atoms with Gasteiger partial charge in [-0.05, 0) is 19.1 Å². The topological polar surface area (TPSA) is 58.6 Å². The van der Waals surface area contributed by atoms with Gasteiger partial charge >= 0.3 is 0 Å². The van der Waals surface area contributed by atoms with Gasteiger partial charge in [0.05, 0.1) is 18.6 Å². The molecule has 0 aromatic heterocycles. The van der Waals surface area contributed by atoms with Crippen molar-refractivity contribution in [2.24, 2.45) is 0 Å². The van der Waals surface area contributed by atoms with E-state index in [4.69, 9.17) is 9.84 Å². The van der Waals surface area contributed by atoms with Gasteiger partial charge in [0.1, 0.15) is 5.75 Å². The van der Waals surface area contributed by atoms with Crippen molar-refractivity contribution in [1.82, 2.24) is 0 Å². The molecule has 0 atom stereocenters. The lowest BCUT2D eigenvalue weighted by molar-refractivity contribution is -0.112. The van der Waals surface area contributed by atoms with Crippen molar-refractivity contribution in [1.29, 1.82) is 0 Å². The van der Waals surface area contributed by atoms with Crippen LogP contribution in [0.15, 0.2) is 36.1 Å². The van der Waals surface area contributed by atoms with Crippen LogP contribution < -0.4 is 10.1 Å². The van der Waals surface area contributed by atoms with E-state index in [2.05, 4.69) is 5.32 Å². The third-order valence-corrected chi connectivity index (χ3v) is 1.70. The number of hydrogen-bond acceptors (Lipinski definition) is 3. The van der Waals surface area contributed by atoms with Gasteiger partial charge in [-0.15, -0.1) is 0 Å². The number of nitrogens with one attached hydrogen (secondary N) is 1. The van der Waals surface area contributed by atoms with Crippen molar-refractivity contribution in [2.75, 3.05) is 12.4 Å². The number of benzene rings is 1. The predicted octanol–water partition coefficient (Wildman–Crippen LogP) is 2.10. The number of aliphatic hydroxyl groups is 1. The maximum Gasteiger partial charge on any atom is 0.251 e. The average Bonchev–Trinajstić information content (AvgIpc) is 2.17. The molecule has 0 unspecified atom stereocenters. The Morgan fingerprint density at radius 1 is 1.47 bits per heavy atom. The van der Waals surface area contributed by atoms with Crippen LogP contribution >= 0.6 is 0 Å². The summed E-state index contributed by atoms with van der Waals surface area (Å²) in [6, 6.07) is 7.05. The summed E-state index contributed by atoms with van der Waals surface area (Å²) in [5.41, 5.74) is 0.572. The fourth-order valence-corrected chi connectivity index (χ4v) is 1.11. The zero-order chi connectivity index (χ0) is 11.3. The molecule has 4 heteroatoms. The van der Waals surface area contributed by atoms with Crippen molar-refractivity contribution < 1.29 is 14.6 Å². The third kappa shape index (κ3) is 3.34. The lowest BCUT2D eigenvalue weighted by atomic mass is 10.3. The Bertz CT molecular complexity index is 381. The van der Waals surface area contributed by atoms with Crippen LogP contribution in [-0.2, 0) is 4.79 Å². The number of carbonyl (C=O) groups excluding carboxylic acids is 1. The van der Waals surface area contributed by atoms with Crippen LogP contribution in [0.2, 0.25) is 0 Å². The highest BCUT2D eigenvalue weighted by atomic mass is 16.5. The van der Waals surface area contributed by atoms with Gasteiger partial charge in [0.15, 0.2) is 0 Å². The van der Waals surface area contributed by atoms with Gasteiger partial charge in [-0.25, -0.2) is 0 Å². The van der Waals surface area contributed by atoms with Gasteiger partial charge in [0.25, 0.3) is 5.91 Å². The molecule has 4 nitrogen and oxygen atoms in total. The minimum atomic E-state index is -0.389. The average molecular weight is 207 g/mol. The maximum absolute atomic E-state index is 11.3. The number of ether oxygens (including phenoxy) is 1. The molecule has 0 radical (unpaired) electrons. The molecule has 0 aliphatic carbocycles. The second-order valence-corrected chi connectivity index (χ2v) is 2.98. The van der Waals surface area contributed by atoms with E-state index >= 15 is 0 Å². The second-order valence-electron chi connectivity index (χ2n) is 2.98. The summed E-state index contributed by atoms with van der Waals surface area (Å²) in [6.07, 6.45) is 1.10. The zero-order valence-corrected chi connectivity index (χ0v) is 8.65. The Labute approximate surface area is 88.2 Å². The van der Waals surface area contributed by atoms with E-state index in [-0.39, 0.29) is 11.7 Å². The van der Waals surface area contributed by atoms with Crippen LogP contribution in [0.25, 0.3) is 0 Å². The summed E-state index contributed by atoms with van der Waals surface area (Å²) in [4.78, 5) is 11.3. The highest BCUT2D eigenvalue weighted by molar-refractivity contribution is 6.00. The van der Waals surface area contributed by atoms with Crippen LogP contribution in [0, 0.1) is 0 Å². The fraction of sp³-hybridized carbons (Fsp3) is 0.182. The number of hydrogen-bond donors (Lipinski definition) is 2. The van der Waals surface area contributed by atoms with Crippen molar-refractivity contribution in [3.05, 3.63) is 36.1 Å². The molecule has 0 aliphatic rings. The maximum atomic E-state index is 11.3. The van der Waals surface area contributed by atoms with E-state index in [0.29, 0.717) is 11.4 Å². The summed E-state index contributed by atoms with van der Waals surface area (Å²) in [7, 11) is 1.53. The summed E-state index contributed by atoms with van der Waals surface area (Å²) >= 11 is 0. The van der Waals surface area contributed by atoms with Crippen molar-refractivity contribution in [3.8, 4) is 5.75 Å². The molecule has 1 rings (SSSR count). The molecule has 0 bridgehead atoms. The van der Waals surface area contributed by atoms with Crippen LogP contribution in [-0.4, -0.2) is 18.1 Å². The van der Waals surface area contributed by atoms with Gasteiger partial charge in [-0.2, -0.15) is 0 Å². The van der Waals surface area contributed by atoms with Crippen LogP contribution in [0.4, 0.5) is 5.69 Å². The number of rotatable bonds is 3. The van der Waals surface area contributed by atoms with Crippen molar-refractivity contribution in [2.45, 2.75) is 6.92 Å². The molecule has 0 spiro atoms. The van der Waals surface area contributed by atoms with Crippen LogP contribution in [0.5, 0.6) is 5.75 Å². The van der Waals surface area contributed by atoms with Crippen LogP contribution in [0.1, 0.15) is 6.92 Å². The first-order valence-electron chi connectivity index (χ1n) is 4.44. The molecule has 1 amide bonds. The zero-order valence-electron chi connectivity index (χ0n) is 8.65. The van der Waals surface area contributed by atoms with Crippen LogP contribution in [0.3, 0.4) is 0 Å². The van der Waals surface area contributed by atoms with E-state index in [1.807, 2.05) is 6.07 Å². The van der Waals surface area contributed by atoms with E-state index in [1.165, 1.54) is 14.0 Å².